The first-order chi connectivity index (χ1) is 10.8. The summed E-state index contributed by atoms with van der Waals surface area (Å²) in [5, 5.41) is 7.82. The van der Waals surface area contributed by atoms with E-state index in [9.17, 15) is 0 Å². The summed E-state index contributed by atoms with van der Waals surface area (Å²) >= 11 is 0. The number of anilines is 1. The summed E-state index contributed by atoms with van der Waals surface area (Å²) in [5.74, 6) is 0. The number of nitrogens with zero attached hydrogens (tertiary/aromatic N) is 3. The maximum atomic E-state index is 4.35. The molecule has 0 radical (unpaired) electrons. The second-order valence-corrected chi connectivity index (χ2v) is 5.32. The molecule has 2 aromatic heterocycles. The SMILES string of the molecule is CCC=C(C)CNc1cccc(-c2ccnc3ccnn23)c1. The van der Waals surface area contributed by atoms with Crippen LogP contribution in [-0.2, 0) is 0 Å². The molecule has 0 aliphatic carbocycles. The Bertz CT molecular complexity index is 801. The van der Waals surface area contributed by atoms with Gasteiger partial charge in [-0.15, -0.1) is 0 Å². The van der Waals surface area contributed by atoms with Crippen LogP contribution in [0.4, 0.5) is 5.69 Å². The van der Waals surface area contributed by atoms with Crippen molar-refractivity contribution >= 4 is 11.3 Å². The monoisotopic (exact) mass is 292 g/mol. The average Bonchev–Trinajstić information content (AvgIpc) is 3.02. The fourth-order valence-corrected chi connectivity index (χ4v) is 2.50. The minimum atomic E-state index is 0.859. The van der Waals surface area contributed by atoms with E-state index in [0.29, 0.717) is 0 Å². The number of benzene rings is 1. The lowest BCUT2D eigenvalue weighted by molar-refractivity contribution is 0.948. The van der Waals surface area contributed by atoms with E-state index < -0.39 is 0 Å². The van der Waals surface area contributed by atoms with Crippen molar-refractivity contribution in [3.05, 3.63) is 60.4 Å². The van der Waals surface area contributed by atoms with Crippen LogP contribution in [-0.4, -0.2) is 21.1 Å². The summed E-state index contributed by atoms with van der Waals surface area (Å²) < 4.78 is 1.86. The summed E-state index contributed by atoms with van der Waals surface area (Å²) in [5.41, 5.74) is 5.49. The van der Waals surface area contributed by atoms with Gasteiger partial charge in [0.25, 0.3) is 0 Å². The van der Waals surface area contributed by atoms with Crippen LogP contribution in [0.25, 0.3) is 16.9 Å². The van der Waals surface area contributed by atoms with Crippen molar-refractivity contribution < 1.29 is 0 Å². The first-order valence-electron chi connectivity index (χ1n) is 7.56. The van der Waals surface area contributed by atoms with E-state index in [1.807, 2.05) is 22.8 Å². The molecule has 1 aromatic carbocycles. The molecule has 0 fully saturated rings. The van der Waals surface area contributed by atoms with Gasteiger partial charge < -0.3 is 5.32 Å². The molecule has 0 unspecified atom stereocenters. The molecule has 4 nitrogen and oxygen atoms in total. The third kappa shape index (κ3) is 3.01. The maximum absolute atomic E-state index is 4.35. The van der Waals surface area contributed by atoms with Crippen molar-refractivity contribution in [2.24, 2.45) is 0 Å². The van der Waals surface area contributed by atoms with E-state index in [-0.39, 0.29) is 0 Å². The second kappa shape index (κ2) is 6.43. The Morgan fingerprint density at radius 1 is 1.23 bits per heavy atom. The van der Waals surface area contributed by atoms with E-state index in [1.54, 1.807) is 6.20 Å². The predicted octanol–water partition coefficient (Wildman–Crippen LogP) is 4.16. The van der Waals surface area contributed by atoms with Gasteiger partial charge in [-0.2, -0.15) is 5.10 Å². The Morgan fingerprint density at radius 3 is 3.00 bits per heavy atom. The summed E-state index contributed by atoms with van der Waals surface area (Å²) in [6.45, 7) is 5.17. The highest BCUT2D eigenvalue weighted by atomic mass is 15.2. The molecule has 0 aliphatic rings. The lowest BCUT2D eigenvalue weighted by atomic mass is 10.1. The highest BCUT2D eigenvalue weighted by molar-refractivity contribution is 5.67. The average molecular weight is 292 g/mol. The van der Waals surface area contributed by atoms with Gasteiger partial charge >= 0.3 is 0 Å². The number of allylic oxidation sites excluding steroid dienone is 1. The van der Waals surface area contributed by atoms with Gasteiger partial charge in [0.2, 0.25) is 0 Å². The van der Waals surface area contributed by atoms with E-state index in [4.69, 9.17) is 0 Å². The Hall–Kier alpha value is -2.62. The Balaban J connectivity index is 1.88. The molecule has 22 heavy (non-hydrogen) atoms. The molecule has 0 spiro atoms. The zero-order valence-corrected chi connectivity index (χ0v) is 13.0. The summed E-state index contributed by atoms with van der Waals surface area (Å²) in [6, 6.07) is 12.3. The van der Waals surface area contributed by atoms with Gasteiger partial charge in [0, 0.05) is 30.1 Å². The van der Waals surface area contributed by atoms with E-state index in [2.05, 4.69) is 59.6 Å². The third-order valence-electron chi connectivity index (χ3n) is 3.57. The lowest BCUT2D eigenvalue weighted by Gasteiger charge is -2.10. The van der Waals surface area contributed by atoms with Crippen LogP contribution < -0.4 is 5.32 Å². The van der Waals surface area contributed by atoms with Gasteiger partial charge in [0.15, 0.2) is 5.65 Å². The molecule has 0 amide bonds. The molecular formula is C18H20N4. The Morgan fingerprint density at radius 2 is 2.14 bits per heavy atom. The molecule has 0 aliphatic heterocycles. The molecule has 4 heteroatoms. The fraction of sp³-hybridized carbons (Fsp3) is 0.222. The number of aromatic nitrogens is 3. The van der Waals surface area contributed by atoms with Gasteiger partial charge in [-0.25, -0.2) is 9.50 Å². The molecule has 3 aromatic rings. The van der Waals surface area contributed by atoms with Crippen molar-refractivity contribution in [2.75, 3.05) is 11.9 Å². The number of hydrogen-bond acceptors (Lipinski definition) is 3. The van der Waals surface area contributed by atoms with Crippen molar-refractivity contribution in [2.45, 2.75) is 20.3 Å². The van der Waals surface area contributed by atoms with E-state index in [1.165, 1.54) is 5.57 Å². The molecule has 112 valence electrons. The van der Waals surface area contributed by atoms with Gasteiger partial charge in [-0.1, -0.05) is 30.7 Å². The maximum Gasteiger partial charge on any atom is 0.155 e. The smallest absolute Gasteiger partial charge is 0.155 e. The molecule has 0 atom stereocenters. The summed E-state index contributed by atoms with van der Waals surface area (Å²) in [7, 11) is 0. The highest BCUT2D eigenvalue weighted by Gasteiger charge is 2.05. The predicted molar refractivity (Wildman–Crippen MR) is 91.0 cm³/mol. The standard InChI is InChI=1S/C18H20N4/c1-3-5-14(2)13-20-16-7-4-6-15(12-16)17-8-10-19-18-9-11-21-22(17)18/h4-12,20H,3,13H2,1-2H3. The van der Waals surface area contributed by atoms with Gasteiger partial charge in [-0.3, -0.25) is 0 Å². The quantitative estimate of drug-likeness (QED) is 0.718. The molecule has 1 N–H and O–H groups in total. The van der Waals surface area contributed by atoms with Crippen LogP contribution in [0.15, 0.2) is 60.4 Å². The second-order valence-electron chi connectivity index (χ2n) is 5.32. The van der Waals surface area contributed by atoms with E-state index >= 15 is 0 Å². The largest absolute Gasteiger partial charge is 0.381 e. The molecule has 0 saturated heterocycles. The summed E-state index contributed by atoms with van der Waals surface area (Å²) in [4.78, 5) is 4.31. The van der Waals surface area contributed by atoms with Crippen molar-refractivity contribution in [3.8, 4) is 11.3 Å². The van der Waals surface area contributed by atoms with Crippen LogP contribution in [0.5, 0.6) is 0 Å². The number of nitrogens with one attached hydrogen (secondary N) is 1. The van der Waals surface area contributed by atoms with Crippen LogP contribution >= 0.6 is 0 Å². The number of fused-ring (bicyclic) bond motifs is 1. The molecule has 0 saturated carbocycles. The van der Waals surface area contributed by atoms with Crippen LogP contribution in [0, 0.1) is 0 Å². The molecule has 2 heterocycles. The first kappa shape index (κ1) is 14.3. The molecule has 3 rings (SSSR count). The summed E-state index contributed by atoms with van der Waals surface area (Å²) in [6.07, 6.45) is 6.91. The van der Waals surface area contributed by atoms with Crippen LogP contribution in [0.1, 0.15) is 20.3 Å². The normalized spacial score (nSPS) is 11.8. The van der Waals surface area contributed by atoms with Crippen molar-refractivity contribution in [3.63, 3.8) is 0 Å². The molecule has 0 bridgehead atoms. The number of hydrogen-bond donors (Lipinski definition) is 1. The first-order valence-corrected chi connectivity index (χ1v) is 7.56. The van der Waals surface area contributed by atoms with Crippen molar-refractivity contribution in [1.29, 1.82) is 0 Å². The Kier molecular flexibility index (Phi) is 4.19. The van der Waals surface area contributed by atoms with Crippen LogP contribution in [0.2, 0.25) is 0 Å². The minimum Gasteiger partial charge on any atom is -0.381 e. The fourth-order valence-electron chi connectivity index (χ4n) is 2.50. The van der Waals surface area contributed by atoms with Gasteiger partial charge in [0.05, 0.1) is 11.9 Å². The molecular weight excluding hydrogens is 272 g/mol. The zero-order valence-electron chi connectivity index (χ0n) is 13.0. The lowest BCUT2D eigenvalue weighted by Crippen LogP contribution is -2.03. The topological polar surface area (TPSA) is 42.2 Å². The van der Waals surface area contributed by atoms with Gasteiger partial charge in [-0.05, 0) is 31.5 Å². The minimum absolute atomic E-state index is 0.859. The van der Waals surface area contributed by atoms with Crippen LogP contribution in [0.3, 0.4) is 0 Å². The highest BCUT2D eigenvalue weighted by Crippen LogP contribution is 2.22. The third-order valence-corrected chi connectivity index (χ3v) is 3.57. The van der Waals surface area contributed by atoms with Crippen molar-refractivity contribution in [1.82, 2.24) is 14.6 Å². The van der Waals surface area contributed by atoms with Gasteiger partial charge in [0.1, 0.15) is 0 Å². The Labute approximate surface area is 130 Å². The number of rotatable bonds is 5. The zero-order chi connectivity index (χ0) is 15.4. The van der Waals surface area contributed by atoms with E-state index in [0.717, 1.165) is 35.6 Å².